The lowest BCUT2D eigenvalue weighted by Crippen LogP contribution is -2.32. The Morgan fingerprint density at radius 2 is 2.00 bits per heavy atom. The van der Waals surface area contributed by atoms with E-state index in [0.29, 0.717) is 23.9 Å². The van der Waals surface area contributed by atoms with Crippen molar-refractivity contribution >= 4 is 17.2 Å². The van der Waals surface area contributed by atoms with Crippen LogP contribution in [0.1, 0.15) is 45.0 Å². The third-order valence-corrected chi connectivity index (χ3v) is 5.61. The van der Waals surface area contributed by atoms with Crippen molar-refractivity contribution in [1.29, 1.82) is 0 Å². The van der Waals surface area contributed by atoms with Gasteiger partial charge in [0.05, 0.1) is 22.9 Å². The molecule has 27 heavy (non-hydrogen) atoms. The lowest BCUT2D eigenvalue weighted by atomic mass is 10.3. The molecule has 1 saturated carbocycles. The van der Waals surface area contributed by atoms with Crippen LogP contribution in [0, 0.1) is 13.8 Å². The minimum absolute atomic E-state index is 0.156. The summed E-state index contributed by atoms with van der Waals surface area (Å²) in [5, 5.41) is 8.28. The molecule has 0 aliphatic heterocycles. The van der Waals surface area contributed by atoms with Crippen LogP contribution in [0.4, 0.5) is 0 Å². The number of aryl methyl sites for hydroxylation is 2. The van der Waals surface area contributed by atoms with Gasteiger partial charge in [0.1, 0.15) is 10.7 Å². The number of carbonyl (C=O) groups is 1. The summed E-state index contributed by atoms with van der Waals surface area (Å²) < 4.78 is 3.14. The molecule has 0 atom stereocenters. The molecule has 3 aromatic rings. The van der Waals surface area contributed by atoms with E-state index in [1.165, 1.54) is 16.0 Å². The Bertz CT molecular complexity index is 1030. The van der Waals surface area contributed by atoms with Gasteiger partial charge >= 0.3 is 5.69 Å². The molecule has 2 heterocycles. The number of thiazole rings is 1. The van der Waals surface area contributed by atoms with Crippen molar-refractivity contribution in [3.8, 4) is 5.69 Å². The van der Waals surface area contributed by atoms with E-state index in [1.807, 2.05) is 44.2 Å². The van der Waals surface area contributed by atoms with E-state index in [4.69, 9.17) is 0 Å². The molecular formula is C19H21N5O2S. The number of benzene rings is 1. The second kappa shape index (κ2) is 7.11. The first kappa shape index (κ1) is 17.7. The fourth-order valence-corrected chi connectivity index (χ4v) is 3.93. The number of hydrogen-bond acceptors (Lipinski definition) is 5. The average Bonchev–Trinajstić information content (AvgIpc) is 3.37. The summed E-state index contributed by atoms with van der Waals surface area (Å²) >= 11 is 1.38. The van der Waals surface area contributed by atoms with Crippen molar-refractivity contribution in [2.24, 2.45) is 0 Å². The molecule has 140 valence electrons. The van der Waals surface area contributed by atoms with Crippen LogP contribution in [0.3, 0.4) is 0 Å². The number of nitrogens with zero attached hydrogens (tertiary/aromatic N) is 4. The van der Waals surface area contributed by atoms with Gasteiger partial charge in [0.25, 0.3) is 5.91 Å². The summed E-state index contributed by atoms with van der Waals surface area (Å²) in [6, 6.07) is 9.57. The molecule has 2 aromatic heterocycles. The highest BCUT2D eigenvalue weighted by atomic mass is 32.1. The molecule has 4 rings (SSSR count). The van der Waals surface area contributed by atoms with Crippen LogP contribution in [0.5, 0.6) is 0 Å². The van der Waals surface area contributed by atoms with Crippen LogP contribution in [-0.4, -0.2) is 31.8 Å². The monoisotopic (exact) mass is 383 g/mol. The maximum Gasteiger partial charge on any atom is 0.350 e. The van der Waals surface area contributed by atoms with Crippen molar-refractivity contribution in [2.45, 2.75) is 39.2 Å². The molecule has 1 N–H and O–H groups in total. The molecule has 1 fully saturated rings. The van der Waals surface area contributed by atoms with Crippen molar-refractivity contribution in [2.75, 3.05) is 6.54 Å². The first-order valence-corrected chi connectivity index (χ1v) is 9.83. The maximum absolute atomic E-state index is 12.9. The zero-order chi connectivity index (χ0) is 19.0. The second-order valence-corrected chi connectivity index (χ2v) is 7.92. The smallest absolute Gasteiger partial charge is 0.349 e. The Balaban J connectivity index is 1.51. The van der Waals surface area contributed by atoms with Crippen molar-refractivity contribution in [1.82, 2.24) is 24.6 Å². The Morgan fingerprint density at radius 3 is 2.63 bits per heavy atom. The van der Waals surface area contributed by atoms with Gasteiger partial charge in [-0.1, -0.05) is 18.2 Å². The number of hydrogen-bond donors (Lipinski definition) is 1. The quantitative estimate of drug-likeness (QED) is 0.709. The summed E-state index contributed by atoms with van der Waals surface area (Å²) in [6.45, 7) is 4.38. The normalized spacial score (nSPS) is 13.7. The summed E-state index contributed by atoms with van der Waals surface area (Å²) in [5.41, 5.74) is 1.40. The fraction of sp³-hybridized carbons (Fsp3) is 0.368. The van der Waals surface area contributed by atoms with E-state index in [0.717, 1.165) is 35.1 Å². The summed E-state index contributed by atoms with van der Waals surface area (Å²) in [4.78, 5) is 30.1. The highest BCUT2D eigenvalue weighted by Crippen LogP contribution is 2.39. The minimum Gasteiger partial charge on any atom is -0.349 e. The molecule has 1 aliphatic rings. The Kier molecular flexibility index (Phi) is 4.65. The standard InChI is InChI=1S/C19H21N5O2S/c1-12-16(27-13(2)21-12)18(25)20-10-11-23-19(26)24(15-6-4-3-5-7-15)17(22-23)14-8-9-14/h3-7,14H,8-11H2,1-2H3,(H,20,25). The van der Waals surface area contributed by atoms with Gasteiger partial charge in [-0.15, -0.1) is 11.3 Å². The third kappa shape index (κ3) is 3.57. The zero-order valence-corrected chi connectivity index (χ0v) is 16.1. The second-order valence-electron chi connectivity index (χ2n) is 6.71. The van der Waals surface area contributed by atoms with Gasteiger partial charge in [-0.05, 0) is 38.8 Å². The van der Waals surface area contributed by atoms with Gasteiger partial charge in [0, 0.05) is 12.5 Å². The average molecular weight is 383 g/mol. The predicted octanol–water partition coefficient (Wildman–Crippen LogP) is 2.41. The summed E-state index contributed by atoms with van der Waals surface area (Å²) in [5.74, 6) is 0.999. The number of para-hydroxylation sites is 1. The van der Waals surface area contributed by atoms with Crippen molar-refractivity contribution in [3.05, 3.63) is 62.2 Å². The SMILES string of the molecule is Cc1nc(C)c(C(=O)NCCn2nc(C3CC3)n(-c3ccccc3)c2=O)s1. The van der Waals surface area contributed by atoms with Crippen LogP contribution in [0.15, 0.2) is 35.1 Å². The molecular weight excluding hydrogens is 362 g/mol. The molecule has 1 aromatic carbocycles. The van der Waals surface area contributed by atoms with Gasteiger partial charge in [0.2, 0.25) is 0 Å². The first-order chi connectivity index (χ1) is 13.0. The molecule has 0 saturated heterocycles. The topological polar surface area (TPSA) is 81.8 Å². The van der Waals surface area contributed by atoms with Gasteiger partial charge in [-0.25, -0.2) is 19.0 Å². The van der Waals surface area contributed by atoms with Gasteiger partial charge in [0.15, 0.2) is 0 Å². The van der Waals surface area contributed by atoms with Crippen LogP contribution in [0.2, 0.25) is 0 Å². The molecule has 8 heteroatoms. The highest BCUT2D eigenvalue weighted by molar-refractivity contribution is 7.13. The van der Waals surface area contributed by atoms with Crippen LogP contribution in [0.25, 0.3) is 5.69 Å². The number of amides is 1. The Hall–Kier alpha value is -2.74. The van der Waals surface area contributed by atoms with Crippen LogP contribution >= 0.6 is 11.3 Å². The van der Waals surface area contributed by atoms with E-state index in [9.17, 15) is 9.59 Å². The van der Waals surface area contributed by atoms with E-state index in [2.05, 4.69) is 15.4 Å². The third-order valence-electron chi connectivity index (χ3n) is 4.54. The van der Waals surface area contributed by atoms with E-state index >= 15 is 0 Å². The van der Waals surface area contributed by atoms with Gasteiger partial charge < -0.3 is 5.32 Å². The largest absolute Gasteiger partial charge is 0.350 e. The van der Waals surface area contributed by atoms with Crippen LogP contribution in [-0.2, 0) is 6.54 Å². The lowest BCUT2D eigenvalue weighted by Gasteiger charge is -2.04. The zero-order valence-electron chi connectivity index (χ0n) is 15.3. The van der Waals surface area contributed by atoms with Crippen molar-refractivity contribution < 1.29 is 4.79 Å². The number of nitrogens with one attached hydrogen (secondary N) is 1. The molecule has 0 radical (unpaired) electrons. The summed E-state index contributed by atoms with van der Waals surface area (Å²) in [7, 11) is 0. The highest BCUT2D eigenvalue weighted by Gasteiger charge is 2.31. The molecule has 7 nitrogen and oxygen atoms in total. The lowest BCUT2D eigenvalue weighted by molar-refractivity contribution is 0.0955. The maximum atomic E-state index is 12.9. The van der Waals surface area contributed by atoms with Crippen molar-refractivity contribution in [3.63, 3.8) is 0 Å². The first-order valence-electron chi connectivity index (χ1n) is 9.02. The number of aromatic nitrogens is 4. The molecule has 0 bridgehead atoms. The Morgan fingerprint density at radius 1 is 1.26 bits per heavy atom. The fourth-order valence-electron chi connectivity index (χ4n) is 3.09. The van der Waals surface area contributed by atoms with Crippen LogP contribution < -0.4 is 11.0 Å². The summed E-state index contributed by atoms with van der Waals surface area (Å²) in [6.07, 6.45) is 2.12. The molecule has 1 aliphatic carbocycles. The number of carbonyl (C=O) groups excluding carboxylic acids is 1. The van der Waals surface area contributed by atoms with E-state index in [1.54, 1.807) is 4.57 Å². The predicted molar refractivity (Wildman–Crippen MR) is 104 cm³/mol. The van der Waals surface area contributed by atoms with Gasteiger partial charge in [-0.3, -0.25) is 4.79 Å². The van der Waals surface area contributed by atoms with E-state index < -0.39 is 0 Å². The molecule has 0 unspecified atom stereocenters. The Labute approximate surface area is 160 Å². The number of rotatable bonds is 6. The molecule has 1 amide bonds. The van der Waals surface area contributed by atoms with E-state index in [-0.39, 0.29) is 11.6 Å². The molecule has 0 spiro atoms. The van der Waals surface area contributed by atoms with Gasteiger partial charge in [-0.2, -0.15) is 5.10 Å². The minimum atomic E-state index is -0.165.